The topological polar surface area (TPSA) is 18.5 Å². The second-order valence-electron chi connectivity index (χ2n) is 4.83. The number of halogens is 4. The van der Waals surface area contributed by atoms with Crippen LogP contribution in [0.5, 0.6) is 23.0 Å². The summed E-state index contributed by atoms with van der Waals surface area (Å²) in [5, 5.41) is 0.817. The van der Waals surface area contributed by atoms with Crippen LogP contribution in [0.2, 0.25) is 10.0 Å². The van der Waals surface area contributed by atoms with Crippen LogP contribution >= 0.6 is 55.1 Å². The summed E-state index contributed by atoms with van der Waals surface area (Å²) in [6.07, 6.45) is 0. The normalized spacial score (nSPS) is 10.5. The average Bonchev–Trinajstić information content (AvgIpc) is 2.56. The summed E-state index contributed by atoms with van der Waals surface area (Å²) in [5.41, 5.74) is 0. The molecule has 24 heavy (non-hydrogen) atoms. The second kappa shape index (κ2) is 7.79. The van der Waals surface area contributed by atoms with Crippen LogP contribution in [0.25, 0.3) is 0 Å². The number of benzene rings is 3. The highest BCUT2D eigenvalue weighted by atomic mass is 79.9. The van der Waals surface area contributed by atoms with E-state index in [0.717, 1.165) is 8.95 Å². The summed E-state index contributed by atoms with van der Waals surface area (Å²) in [7, 11) is 0. The van der Waals surface area contributed by atoms with E-state index in [1.807, 2.05) is 48.5 Å². The standard InChI is InChI=1S/C18H10Br2Cl2O2/c19-11-1-5-13(6-2-11)23-17-10-18(16(22)9-15(17)21)24-14-7-3-12(20)4-8-14/h1-10H. The zero-order chi connectivity index (χ0) is 17.1. The fourth-order valence-corrected chi connectivity index (χ4v) is 2.92. The van der Waals surface area contributed by atoms with Crippen LogP contribution in [0.3, 0.4) is 0 Å². The molecule has 0 heterocycles. The van der Waals surface area contributed by atoms with Crippen molar-refractivity contribution in [2.24, 2.45) is 0 Å². The Hall–Kier alpha value is -1.20. The van der Waals surface area contributed by atoms with Crippen molar-refractivity contribution in [3.63, 3.8) is 0 Å². The zero-order valence-electron chi connectivity index (χ0n) is 12.1. The molecule has 2 nitrogen and oxygen atoms in total. The van der Waals surface area contributed by atoms with Gasteiger partial charge in [0.05, 0.1) is 10.0 Å². The lowest BCUT2D eigenvalue weighted by Crippen LogP contribution is -1.90. The minimum atomic E-state index is 0.408. The van der Waals surface area contributed by atoms with E-state index in [4.69, 9.17) is 32.7 Å². The molecular formula is C18H10Br2Cl2O2. The van der Waals surface area contributed by atoms with E-state index < -0.39 is 0 Å². The summed E-state index contributed by atoms with van der Waals surface area (Å²) in [6.45, 7) is 0. The predicted octanol–water partition coefficient (Wildman–Crippen LogP) is 8.10. The van der Waals surface area contributed by atoms with E-state index in [2.05, 4.69) is 31.9 Å². The Morgan fingerprint density at radius 2 is 0.958 bits per heavy atom. The van der Waals surface area contributed by atoms with E-state index in [-0.39, 0.29) is 0 Å². The first kappa shape index (κ1) is 17.6. The molecule has 0 radical (unpaired) electrons. The molecule has 0 unspecified atom stereocenters. The van der Waals surface area contributed by atoms with E-state index in [9.17, 15) is 0 Å². The van der Waals surface area contributed by atoms with Crippen LogP contribution in [-0.2, 0) is 0 Å². The van der Waals surface area contributed by atoms with Gasteiger partial charge in [0.1, 0.15) is 23.0 Å². The molecule has 0 saturated carbocycles. The maximum Gasteiger partial charge on any atom is 0.149 e. The molecule has 0 atom stereocenters. The Kier molecular flexibility index (Phi) is 5.72. The van der Waals surface area contributed by atoms with Gasteiger partial charge in [-0.15, -0.1) is 0 Å². The monoisotopic (exact) mass is 486 g/mol. The van der Waals surface area contributed by atoms with E-state index in [0.29, 0.717) is 33.0 Å². The van der Waals surface area contributed by atoms with Crippen molar-refractivity contribution < 1.29 is 9.47 Å². The van der Waals surface area contributed by atoms with Gasteiger partial charge in [-0.3, -0.25) is 0 Å². The van der Waals surface area contributed by atoms with Crippen molar-refractivity contribution in [1.29, 1.82) is 0 Å². The fraction of sp³-hybridized carbons (Fsp3) is 0. The lowest BCUT2D eigenvalue weighted by atomic mass is 10.3. The molecule has 6 heteroatoms. The smallest absolute Gasteiger partial charge is 0.149 e. The maximum absolute atomic E-state index is 6.23. The molecule has 3 rings (SSSR count). The summed E-state index contributed by atoms with van der Waals surface area (Å²) in [5.74, 6) is 2.26. The molecule has 0 aliphatic carbocycles. The molecule has 0 bridgehead atoms. The molecule has 0 aliphatic rings. The van der Waals surface area contributed by atoms with Crippen LogP contribution < -0.4 is 9.47 Å². The van der Waals surface area contributed by atoms with E-state index >= 15 is 0 Å². The molecule has 0 fully saturated rings. The SMILES string of the molecule is Clc1cc(Cl)c(Oc2ccc(Br)cc2)cc1Oc1ccc(Br)cc1. The summed E-state index contributed by atoms with van der Waals surface area (Å²) < 4.78 is 13.6. The highest BCUT2D eigenvalue weighted by molar-refractivity contribution is 9.10. The molecule has 0 aliphatic heterocycles. The van der Waals surface area contributed by atoms with Gasteiger partial charge >= 0.3 is 0 Å². The molecular weight excluding hydrogens is 479 g/mol. The van der Waals surface area contributed by atoms with E-state index in [1.165, 1.54) is 0 Å². The van der Waals surface area contributed by atoms with Gasteiger partial charge in [0.25, 0.3) is 0 Å². The van der Waals surface area contributed by atoms with Gasteiger partial charge in [0, 0.05) is 15.0 Å². The molecule has 3 aromatic carbocycles. The lowest BCUT2D eigenvalue weighted by molar-refractivity contribution is 0.460. The Bertz CT molecular complexity index is 781. The molecule has 0 amide bonds. The van der Waals surface area contributed by atoms with Crippen molar-refractivity contribution in [2.45, 2.75) is 0 Å². The van der Waals surface area contributed by atoms with Gasteiger partial charge in [-0.05, 0) is 54.6 Å². The average molecular weight is 489 g/mol. The Morgan fingerprint density at radius 1 is 0.583 bits per heavy atom. The Morgan fingerprint density at radius 3 is 1.33 bits per heavy atom. The number of ether oxygens (including phenoxy) is 2. The van der Waals surface area contributed by atoms with Gasteiger partial charge in [0.15, 0.2) is 0 Å². The van der Waals surface area contributed by atoms with Crippen LogP contribution in [0.4, 0.5) is 0 Å². The zero-order valence-corrected chi connectivity index (χ0v) is 16.8. The van der Waals surface area contributed by atoms with Crippen LogP contribution in [-0.4, -0.2) is 0 Å². The highest BCUT2D eigenvalue weighted by Crippen LogP contribution is 2.40. The first-order valence-electron chi connectivity index (χ1n) is 6.87. The molecule has 3 aromatic rings. The first-order chi connectivity index (χ1) is 11.5. The quantitative estimate of drug-likeness (QED) is 0.369. The van der Waals surface area contributed by atoms with Gasteiger partial charge in [-0.2, -0.15) is 0 Å². The summed E-state index contributed by atoms with van der Waals surface area (Å²) >= 11 is 19.2. The molecule has 0 N–H and O–H groups in total. The minimum absolute atomic E-state index is 0.408. The van der Waals surface area contributed by atoms with Crippen molar-refractivity contribution >= 4 is 55.1 Å². The van der Waals surface area contributed by atoms with Crippen molar-refractivity contribution in [3.8, 4) is 23.0 Å². The van der Waals surface area contributed by atoms with Crippen molar-refractivity contribution in [1.82, 2.24) is 0 Å². The number of rotatable bonds is 4. The third kappa shape index (κ3) is 4.45. The molecule has 0 saturated heterocycles. The second-order valence-corrected chi connectivity index (χ2v) is 7.47. The predicted molar refractivity (Wildman–Crippen MR) is 105 cm³/mol. The highest BCUT2D eigenvalue weighted by Gasteiger charge is 2.12. The largest absolute Gasteiger partial charge is 0.456 e. The van der Waals surface area contributed by atoms with Crippen molar-refractivity contribution in [3.05, 3.63) is 79.7 Å². The molecule has 0 spiro atoms. The van der Waals surface area contributed by atoms with Crippen LogP contribution in [0, 0.1) is 0 Å². The van der Waals surface area contributed by atoms with Gasteiger partial charge in [-0.1, -0.05) is 55.1 Å². The van der Waals surface area contributed by atoms with Crippen molar-refractivity contribution in [2.75, 3.05) is 0 Å². The minimum Gasteiger partial charge on any atom is -0.456 e. The van der Waals surface area contributed by atoms with Crippen LogP contribution in [0.1, 0.15) is 0 Å². The Balaban J connectivity index is 1.87. The third-order valence-corrected chi connectivity index (χ3v) is 4.72. The van der Waals surface area contributed by atoms with E-state index in [1.54, 1.807) is 12.1 Å². The first-order valence-corrected chi connectivity index (χ1v) is 9.21. The van der Waals surface area contributed by atoms with Gasteiger partial charge < -0.3 is 9.47 Å². The summed E-state index contributed by atoms with van der Waals surface area (Å²) in [6, 6.07) is 18.2. The van der Waals surface area contributed by atoms with Crippen LogP contribution in [0.15, 0.2) is 69.6 Å². The van der Waals surface area contributed by atoms with Gasteiger partial charge in [0.2, 0.25) is 0 Å². The summed E-state index contributed by atoms with van der Waals surface area (Å²) in [4.78, 5) is 0. The maximum atomic E-state index is 6.23. The number of hydrogen-bond donors (Lipinski definition) is 0. The third-order valence-electron chi connectivity index (χ3n) is 3.07. The fourth-order valence-electron chi connectivity index (χ4n) is 1.93. The van der Waals surface area contributed by atoms with Gasteiger partial charge in [-0.25, -0.2) is 0 Å². The molecule has 122 valence electrons. The number of hydrogen-bond acceptors (Lipinski definition) is 2. The Labute approximate surface area is 166 Å². The lowest BCUT2D eigenvalue weighted by Gasteiger charge is -2.12. The molecule has 0 aromatic heterocycles.